The van der Waals surface area contributed by atoms with Crippen LogP contribution in [0.25, 0.3) is 0 Å². The second kappa shape index (κ2) is 7.53. The Morgan fingerprint density at radius 2 is 2.08 bits per heavy atom. The molecule has 1 aromatic heterocycles. The zero-order chi connectivity index (χ0) is 18.7. The molecule has 26 heavy (non-hydrogen) atoms. The minimum absolute atomic E-state index is 0.0110. The Labute approximate surface area is 153 Å². The molecule has 0 saturated carbocycles. The molecule has 3 rings (SSSR count). The standard InChI is InChI=1S/C19H23NO5S/c1-14-5-3-7-18(15(14)2)25-12-19(21)20(11-17-6-4-9-24-17)16-8-10-26(22,23)13-16/h3-7,9,16H,8,10-13H2,1-2H3/t16-/m0/s1. The highest BCUT2D eigenvalue weighted by Crippen LogP contribution is 2.23. The second-order valence-corrected chi connectivity index (χ2v) is 8.87. The van der Waals surface area contributed by atoms with Gasteiger partial charge in [-0.1, -0.05) is 12.1 Å². The number of ether oxygens (including phenoxy) is 1. The minimum atomic E-state index is -3.10. The van der Waals surface area contributed by atoms with Gasteiger partial charge < -0.3 is 14.1 Å². The van der Waals surface area contributed by atoms with Gasteiger partial charge in [0.2, 0.25) is 0 Å². The number of amides is 1. The second-order valence-electron chi connectivity index (χ2n) is 6.64. The third-order valence-corrected chi connectivity index (χ3v) is 6.53. The summed E-state index contributed by atoms with van der Waals surface area (Å²) in [5.41, 5.74) is 2.07. The maximum Gasteiger partial charge on any atom is 0.261 e. The van der Waals surface area contributed by atoms with E-state index < -0.39 is 9.84 Å². The van der Waals surface area contributed by atoms with Crippen molar-refractivity contribution in [2.24, 2.45) is 0 Å². The lowest BCUT2D eigenvalue weighted by Gasteiger charge is -2.27. The molecule has 1 fully saturated rings. The van der Waals surface area contributed by atoms with Crippen molar-refractivity contribution in [2.75, 3.05) is 18.1 Å². The van der Waals surface area contributed by atoms with E-state index in [4.69, 9.17) is 9.15 Å². The quantitative estimate of drug-likeness (QED) is 0.773. The largest absolute Gasteiger partial charge is 0.483 e. The topological polar surface area (TPSA) is 76.8 Å². The van der Waals surface area contributed by atoms with E-state index in [0.29, 0.717) is 17.9 Å². The summed E-state index contributed by atoms with van der Waals surface area (Å²) in [6.45, 7) is 4.03. The van der Waals surface area contributed by atoms with Crippen molar-refractivity contribution in [1.82, 2.24) is 4.90 Å². The number of sulfone groups is 1. The molecule has 2 heterocycles. The van der Waals surface area contributed by atoms with Gasteiger partial charge in [-0.3, -0.25) is 4.79 Å². The van der Waals surface area contributed by atoms with E-state index >= 15 is 0 Å². The van der Waals surface area contributed by atoms with Crippen LogP contribution >= 0.6 is 0 Å². The molecule has 7 heteroatoms. The van der Waals surface area contributed by atoms with Gasteiger partial charge >= 0.3 is 0 Å². The SMILES string of the molecule is Cc1cccc(OCC(=O)N(Cc2ccco2)[C@H]2CCS(=O)(=O)C2)c1C. The Hall–Kier alpha value is -2.28. The minimum Gasteiger partial charge on any atom is -0.483 e. The first kappa shape index (κ1) is 18.5. The van der Waals surface area contributed by atoms with Gasteiger partial charge in [-0.25, -0.2) is 8.42 Å². The summed E-state index contributed by atoms with van der Waals surface area (Å²) in [6, 6.07) is 8.86. The third kappa shape index (κ3) is 4.27. The molecule has 1 aliphatic rings. The Morgan fingerprint density at radius 3 is 2.73 bits per heavy atom. The summed E-state index contributed by atoms with van der Waals surface area (Å²) in [7, 11) is -3.10. The first-order chi connectivity index (χ1) is 12.4. The van der Waals surface area contributed by atoms with Crippen LogP contribution in [0.5, 0.6) is 5.75 Å². The summed E-state index contributed by atoms with van der Waals surface area (Å²) in [6.07, 6.45) is 1.98. The number of furan rings is 1. The predicted molar refractivity (Wildman–Crippen MR) is 97.7 cm³/mol. The highest BCUT2D eigenvalue weighted by Gasteiger charge is 2.35. The average molecular weight is 377 g/mol. The lowest BCUT2D eigenvalue weighted by atomic mass is 10.1. The Bertz CT molecular complexity index is 873. The van der Waals surface area contributed by atoms with Gasteiger partial charge in [0.15, 0.2) is 16.4 Å². The molecule has 1 aromatic carbocycles. The number of benzene rings is 1. The molecule has 1 amide bonds. The van der Waals surface area contributed by atoms with Crippen LogP contribution in [0.4, 0.5) is 0 Å². The molecule has 0 aliphatic carbocycles. The van der Waals surface area contributed by atoms with Crippen molar-refractivity contribution in [3.8, 4) is 5.75 Å². The highest BCUT2D eigenvalue weighted by molar-refractivity contribution is 7.91. The summed E-state index contributed by atoms with van der Waals surface area (Å²) in [5, 5.41) is 0. The molecule has 1 aliphatic heterocycles. The van der Waals surface area contributed by atoms with Crippen LogP contribution in [0.2, 0.25) is 0 Å². The number of carbonyl (C=O) groups excluding carboxylic acids is 1. The molecular weight excluding hydrogens is 354 g/mol. The Morgan fingerprint density at radius 1 is 1.27 bits per heavy atom. The summed E-state index contributed by atoms with van der Waals surface area (Å²) in [5.74, 6) is 1.13. The fraction of sp³-hybridized carbons (Fsp3) is 0.421. The molecular formula is C19H23NO5S. The van der Waals surface area contributed by atoms with Gasteiger partial charge in [0, 0.05) is 6.04 Å². The van der Waals surface area contributed by atoms with E-state index in [-0.39, 0.29) is 36.6 Å². The van der Waals surface area contributed by atoms with Crippen LogP contribution in [0.3, 0.4) is 0 Å². The van der Waals surface area contributed by atoms with Crippen LogP contribution in [0.15, 0.2) is 41.0 Å². The van der Waals surface area contributed by atoms with Gasteiger partial charge in [-0.05, 0) is 49.6 Å². The number of hydrogen-bond acceptors (Lipinski definition) is 5. The molecule has 1 atom stereocenters. The van der Waals surface area contributed by atoms with Gasteiger partial charge in [-0.2, -0.15) is 0 Å². The van der Waals surface area contributed by atoms with Crippen molar-refractivity contribution in [3.63, 3.8) is 0 Å². The van der Waals surface area contributed by atoms with Gasteiger partial charge in [0.25, 0.3) is 5.91 Å². The van der Waals surface area contributed by atoms with Crippen molar-refractivity contribution >= 4 is 15.7 Å². The molecule has 140 valence electrons. The van der Waals surface area contributed by atoms with Crippen LogP contribution in [-0.4, -0.2) is 43.4 Å². The number of carbonyl (C=O) groups is 1. The van der Waals surface area contributed by atoms with Crippen LogP contribution in [0.1, 0.15) is 23.3 Å². The molecule has 0 spiro atoms. The van der Waals surface area contributed by atoms with Gasteiger partial charge in [0.1, 0.15) is 11.5 Å². The number of rotatable bonds is 6. The molecule has 2 aromatic rings. The van der Waals surface area contributed by atoms with E-state index in [2.05, 4.69) is 0 Å². The van der Waals surface area contributed by atoms with E-state index in [9.17, 15) is 13.2 Å². The molecule has 0 N–H and O–H groups in total. The first-order valence-electron chi connectivity index (χ1n) is 8.57. The average Bonchev–Trinajstić information content (AvgIpc) is 3.23. The fourth-order valence-corrected chi connectivity index (χ4v) is 4.85. The van der Waals surface area contributed by atoms with Gasteiger partial charge in [-0.15, -0.1) is 0 Å². The van der Waals surface area contributed by atoms with Crippen molar-refractivity contribution in [2.45, 2.75) is 32.9 Å². The summed E-state index contributed by atoms with van der Waals surface area (Å²) in [4.78, 5) is 14.4. The number of nitrogens with zero attached hydrogens (tertiary/aromatic N) is 1. The van der Waals surface area contributed by atoms with Crippen LogP contribution in [0, 0.1) is 13.8 Å². The smallest absolute Gasteiger partial charge is 0.261 e. The Kier molecular flexibility index (Phi) is 5.36. The van der Waals surface area contributed by atoms with Crippen molar-refractivity contribution in [1.29, 1.82) is 0 Å². The number of hydrogen-bond donors (Lipinski definition) is 0. The molecule has 0 radical (unpaired) electrons. The maximum atomic E-state index is 12.8. The highest BCUT2D eigenvalue weighted by atomic mass is 32.2. The summed E-state index contributed by atoms with van der Waals surface area (Å²) >= 11 is 0. The van der Waals surface area contributed by atoms with Crippen LogP contribution < -0.4 is 4.74 Å². The first-order valence-corrected chi connectivity index (χ1v) is 10.4. The molecule has 1 saturated heterocycles. The maximum absolute atomic E-state index is 12.8. The van der Waals surface area contributed by atoms with E-state index in [1.807, 2.05) is 32.0 Å². The van der Waals surface area contributed by atoms with Crippen molar-refractivity contribution in [3.05, 3.63) is 53.5 Å². The zero-order valence-corrected chi connectivity index (χ0v) is 15.8. The monoisotopic (exact) mass is 377 g/mol. The summed E-state index contributed by atoms with van der Waals surface area (Å²) < 4.78 is 34.7. The van der Waals surface area contributed by atoms with E-state index in [0.717, 1.165) is 11.1 Å². The molecule has 0 unspecified atom stereocenters. The Balaban J connectivity index is 1.73. The molecule has 0 bridgehead atoms. The predicted octanol–water partition coefficient (Wildman–Crippen LogP) is 2.49. The van der Waals surface area contributed by atoms with Crippen LogP contribution in [-0.2, 0) is 21.2 Å². The lowest BCUT2D eigenvalue weighted by molar-refractivity contribution is -0.136. The molecule has 6 nitrogen and oxygen atoms in total. The number of aryl methyl sites for hydroxylation is 1. The van der Waals surface area contributed by atoms with E-state index in [1.54, 1.807) is 17.0 Å². The van der Waals surface area contributed by atoms with Crippen molar-refractivity contribution < 1.29 is 22.4 Å². The van der Waals surface area contributed by atoms with E-state index in [1.165, 1.54) is 6.26 Å². The normalized spacial score (nSPS) is 18.6. The van der Waals surface area contributed by atoms with Gasteiger partial charge in [0.05, 0.1) is 24.3 Å². The fourth-order valence-electron chi connectivity index (χ4n) is 3.12. The third-order valence-electron chi connectivity index (χ3n) is 4.78. The lowest BCUT2D eigenvalue weighted by Crippen LogP contribution is -2.43. The zero-order valence-electron chi connectivity index (χ0n) is 15.0.